The van der Waals surface area contributed by atoms with E-state index >= 15 is 0 Å². The summed E-state index contributed by atoms with van der Waals surface area (Å²) < 4.78 is 62.4. The molecule has 0 saturated heterocycles. The molecule has 0 saturated carbocycles. The molecule has 1 heterocycles. The van der Waals surface area contributed by atoms with Crippen molar-refractivity contribution in [2.75, 3.05) is 19.8 Å². The SMILES string of the molecule is C[C@](N)(COP(=O)(O)O)C1=NCC(c2ccc(OCCCCCCc3ccccc3)c(C(F)(F)F)c2)S1. The lowest BCUT2D eigenvalue weighted by Gasteiger charge is -2.24. The van der Waals surface area contributed by atoms with Crippen molar-refractivity contribution in [1.29, 1.82) is 0 Å². The molecular formula is C25H32F3N2O5PS. The highest BCUT2D eigenvalue weighted by molar-refractivity contribution is 8.14. The van der Waals surface area contributed by atoms with E-state index in [0.29, 0.717) is 17.0 Å². The van der Waals surface area contributed by atoms with Crippen LogP contribution in [0, 0.1) is 0 Å². The maximum absolute atomic E-state index is 13.8. The Morgan fingerprint density at radius 3 is 2.49 bits per heavy atom. The quantitative estimate of drug-likeness (QED) is 0.206. The summed E-state index contributed by atoms with van der Waals surface area (Å²) in [5.74, 6) is -0.205. The van der Waals surface area contributed by atoms with Crippen LogP contribution in [0.25, 0.3) is 0 Å². The molecule has 7 nitrogen and oxygen atoms in total. The molecular weight excluding hydrogens is 528 g/mol. The molecule has 0 spiro atoms. The van der Waals surface area contributed by atoms with Crippen molar-refractivity contribution in [3.05, 3.63) is 65.2 Å². The number of phosphoric acid groups is 1. The number of hydrogen-bond acceptors (Lipinski definition) is 6. The number of ether oxygens (including phenoxy) is 1. The predicted octanol–water partition coefficient (Wildman–Crippen LogP) is 5.90. The Kier molecular flexibility index (Phi) is 10.2. The Bertz CT molecular complexity index is 1110. The zero-order valence-electron chi connectivity index (χ0n) is 20.5. The average Bonchev–Trinajstić information content (AvgIpc) is 3.33. The van der Waals surface area contributed by atoms with Crippen LogP contribution in [-0.2, 0) is 21.7 Å². The van der Waals surface area contributed by atoms with Gasteiger partial charge in [0.1, 0.15) is 5.75 Å². The molecule has 4 N–H and O–H groups in total. The van der Waals surface area contributed by atoms with Gasteiger partial charge in [0.05, 0.1) is 41.2 Å². The molecule has 0 bridgehead atoms. The first-order chi connectivity index (χ1) is 17.4. The molecule has 3 rings (SSSR count). The molecule has 0 amide bonds. The third kappa shape index (κ3) is 9.42. The van der Waals surface area contributed by atoms with Gasteiger partial charge in [-0.1, -0.05) is 61.0 Å². The number of nitrogens with zero attached hydrogens (tertiary/aromatic N) is 1. The molecule has 2 atom stereocenters. The zero-order valence-corrected chi connectivity index (χ0v) is 22.2. The van der Waals surface area contributed by atoms with Crippen molar-refractivity contribution in [2.45, 2.75) is 56.0 Å². The smallest absolute Gasteiger partial charge is 0.469 e. The molecule has 204 valence electrons. The van der Waals surface area contributed by atoms with Crippen LogP contribution in [0.4, 0.5) is 13.2 Å². The summed E-state index contributed by atoms with van der Waals surface area (Å²) in [5, 5.41) is -0.0696. The zero-order chi connectivity index (χ0) is 27.1. The summed E-state index contributed by atoms with van der Waals surface area (Å²) in [5.41, 5.74) is 5.65. The molecule has 0 aromatic heterocycles. The van der Waals surface area contributed by atoms with E-state index in [-0.39, 0.29) is 18.9 Å². The largest absolute Gasteiger partial charge is 0.493 e. The van der Waals surface area contributed by atoms with Crippen molar-refractivity contribution >= 4 is 24.6 Å². The Morgan fingerprint density at radius 1 is 1.11 bits per heavy atom. The fraction of sp³-hybridized carbons (Fsp3) is 0.480. The third-order valence-electron chi connectivity index (χ3n) is 5.82. The van der Waals surface area contributed by atoms with Gasteiger partial charge in [-0.2, -0.15) is 13.2 Å². The standard InChI is InChI=1S/C25H32F3N2O5PS/c1-24(29,17-35-36(31,32)33)23-30-16-22(37-23)19-12-13-21(20(15-19)25(26,27)28)34-14-8-3-2-5-9-18-10-6-4-7-11-18/h4,6-7,10-13,15,22H,2-3,5,8-9,14,16-17,29H2,1H3,(H2,31,32,33)/t22?,24-/m0/s1. The lowest BCUT2D eigenvalue weighted by molar-refractivity contribution is -0.139. The number of alkyl halides is 3. The van der Waals surface area contributed by atoms with E-state index in [2.05, 4.69) is 21.6 Å². The Balaban J connectivity index is 1.53. The van der Waals surface area contributed by atoms with Crippen LogP contribution in [0.15, 0.2) is 53.5 Å². The summed E-state index contributed by atoms with van der Waals surface area (Å²) in [7, 11) is -4.72. The molecule has 0 fully saturated rings. The summed E-state index contributed by atoms with van der Waals surface area (Å²) in [6, 6.07) is 14.1. The molecule has 1 unspecified atom stereocenters. The van der Waals surface area contributed by atoms with Crippen LogP contribution in [0.1, 0.15) is 54.5 Å². The van der Waals surface area contributed by atoms with Crippen LogP contribution >= 0.6 is 19.6 Å². The van der Waals surface area contributed by atoms with Gasteiger partial charge in [0.25, 0.3) is 0 Å². The van der Waals surface area contributed by atoms with Crippen LogP contribution in [0.3, 0.4) is 0 Å². The van der Waals surface area contributed by atoms with Crippen molar-refractivity contribution in [2.24, 2.45) is 10.7 Å². The second kappa shape index (κ2) is 12.8. The average molecular weight is 561 g/mol. The van der Waals surface area contributed by atoms with E-state index in [0.717, 1.165) is 43.5 Å². The molecule has 0 aliphatic carbocycles. The molecule has 2 aromatic rings. The van der Waals surface area contributed by atoms with Crippen molar-refractivity contribution in [1.82, 2.24) is 0 Å². The fourth-order valence-corrected chi connectivity index (χ4v) is 5.47. The minimum absolute atomic E-state index is 0.184. The maximum Gasteiger partial charge on any atom is 0.469 e. The number of hydrogen-bond donors (Lipinski definition) is 3. The van der Waals surface area contributed by atoms with Gasteiger partial charge in [0.2, 0.25) is 0 Å². The predicted molar refractivity (Wildman–Crippen MR) is 139 cm³/mol. The number of phosphoric ester groups is 1. The first-order valence-electron chi connectivity index (χ1n) is 11.9. The number of benzene rings is 2. The molecule has 1 aliphatic heterocycles. The van der Waals surface area contributed by atoms with Crippen molar-refractivity contribution < 1.29 is 36.8 Å². The van der Waals surface area contributed by atoms with Gasteiger partial charge in [0, 0.05) is 0 Å². The second-order valence-electron chi connectivity index (χ2n) is 9.19. The highest BCUT2D eigenvalue weighted by Crippen LogP contribution is 2.44. The number of nitrogens with two attached hydrogens (primary N) is 1. The van der Waals surface area contributed by atoms with Crippen LogP contribution in [0.5, 0.6) is 5.75 Å². The number of aliphatic imine (C=N–C) groups is 1. The molecule has 1 aliphatic rings. The summed E-state index contributed by atoms with van der Waals surface area (Å²) in [4.78, 5) is 22.1. The van der Waals surface area contributed by atoms with Crippen LogP contribution < -0.4 is 10.5 Å². The first kappa shape index (κ1) is 29.7. The maximum atomic E-state index is 13.8. The van der Waals surface area contributed by atoms with Gasteiger partial charge in [-0.25, -0.2) is 4.57 Å². The van der Waals surface area contributed by atoms with E-state index in [1.807, 2.05) is 18.2 Å². The highest BCUT2D eigenvalue weighted by Gasteiger charge is 2.38. The number of thioether (sulfide) groups is 1. The highest BCUT2D eigenvalue weighted by atomic mass is 32.2. The van der Waals surface area contributed by atoms with E-state index in [9.17, 15) is 17.7 Å². The van der Waals surface area contributed by atoms with Gasteiger partial charge in [0.15, 0.2) is 0 Å². The Hall–Kier alpha value is -1.88. The topological polar surface area (TPSA) is 114 Å². The third-order valence-corrected chi connectivity index (χ3v) is 7.81. The van der Waals surface area contributed by atoms with Gasteiger partial charge in [-0.3, -0.25) is 9.52 Å². The Labute approximate surface area is 218 Å². The summed E-state index contributed by atoms with van der Waals surface area (Å²) in [6.07, 6.45) is -0.0870. The van der Waals surface area contributed by atoms with Gasteiger partial charge in [-0.05, 0) is 49.4 Å². The Morgan fingerprint density at radius 2 is 1.81 bits per heavy atom. The van der Waals surface area contributed by atoms with E-state index < -0.39 is 37.0 Å². The number of aryl methyl sites for hydroxylation is 1. The summed E-state index contributed by atoms with van der Waals surface area (Å²) in [6.45, 7) is 1.40. The summed E-state index contributed by atoms with van der Waals surface area (Å²) >= 11 is 1.16. The monoisotopic (exact) mass is 560 g/mol. The number of halogens is 3. The van der Waals surface area contributed by atoms with Gasteiger partial charge in [-0.15, -0.1) is 0 Å². The normalized spacial score (nSPS) is 17.9. The second-order valence-corrected chi connectivity index (χ2v) is 11.6. The van der Waals surface area contributed by atoms with Crippen molar-refractivity contribution in [3.63, 3.8) is 0 Å². The molecule has 12 heteroatoms. The van der Waals surface area contributed by atoms with Crippen LogP contribution in [-0.4, -0.2) is 40.1 Å². The number of rotatable bonds is 13. The lowest BCUT2D eigenvalue weighted by atomic mass is 10.1. The van der Waals surface area contributed by atoms with Gasteiger partial charge >= 0.3 is 14.0 Å². The first-order valence-corrected chi connectivity index (χ1v) is 14.3. The number of unbranched alkanes of at least 4 members (excludes halogenated alkanes) is 3. The van der Waals surface area contributed by atoms with Crippen molar-refractivity contribution in [3.8, 4) is 5.75 Å². The van der Waals surface area contributed by atoms with Crippen LogP contribution in [0.2, 0.25) is 0 Å². The van der Waals surface area contributed by atoms with E-state index in [4.69, 9.17) is 20.3 Å². The molecule has 0 radical (unpaired) electrons. The lowest BCUT2D eigenvalue weighted by Crippen LogP contribution is -2.47. The van der Waals surface area contributed by atoms with Gasteiger partial charge < -0.3 is 20.3 Å². The molecule has 2 aromatic carbocycles. The van der Waals surface area contributed by atoms with E-state index in [1.54, 1.807) is 6.07 Å². The minimum Gasteiger partial charge on any atom is -0.493 e. The molecule has 37 heavy (non-hydrogen) atoms. The fourth-order valence-electron chi connectivity index (χ4n) is 3.85. The van der Waals surface area contributed by atoms with E-state index in [1.165, 1.54) is 18.6 Å². The minimum atomic E-state index is -4.72.